The van der Waals surface area contributed by atoms with Crippen molar-refractivity contribution in [1.82, 2.24) is 9.21 Å². The van der Waals surface area contributed by atoms with Gasteiger partial charge in [-0.25, -0.2) is 12.7 Å². The van der Waals surface area contributed by atoms with Crippen LogP contribution in [0.2, 0.25) is 5.02 Å². The average Bonchev–Trinajstić information content (AvgIpc) is 2.81. The number of carbonyl (C=O) groups excluding carboxylic acids is 1. The largest absolute Gasteiger partial charge is 0.486 e. The molecule has 2 aliphatic rings. The number of ether oxygens (including phenoxy) is 2. The zero-order valence-corrected chi connectivity index (χ0v) is 15.6. The summed E-state index contributed by atoms with van der Waals surface area (Å²) < 4.78 is 35.8. The molecule has 7 nitrogen and oxygen atoms in total. The second-order valence-electron chi connectivity index (χ2n) is 6.17. The van der Waals surface area contributed by atoms with Crippen molar-refractivity contribution in [2.24, 2.45) is 0 Å². The van der Waals surface area contributed by atoms with Crippen LogP contribution in [0.5, 0.6) is 11.5 Å². The Morgan fingerprint density at radius 1 is 1.16 bits per heavy atom. The standard InChI is InChI=1S/C16H21ClN2O5S/c1-25(21,22)19-4-2-3-18(5-6-19)15(20)11-12-9-13(17)16-14(10-12)23-7-8-24-16/h9-10H,2-8,11H2,1H3. The zero-order valence-electron chi connectivity index (χ0n) is 14.0. The highest BCUT2D eigenvalue weighted by molar-refractivity contribution is 7.88. The summed E-state index contributed by atoms with van der Waals surface area (Å²) in [4.78, 5) is 14.3. The first-order chi connectivity index (χ1) is 11.8. The van der Waals surface area contributed by atoms with E-state index in [9.17, 15) is 13.2 Å². The number of nitrogens with zero attached hydrogens (tertiary/aromatic N) is 2. The smallest absolute Gasteiger partial charge is 0.227 e. The number of carbonyl (C=O) groups is 1. The Balaban J connectivity index is 1.67. The molecular formula is C16H21ClN2O5S. The van der Waals surface area contributed by atoms with Crippen molar-refractivity contribution in [2.75, 3.05) is 45.6 Å². The van der Waals surface area contributed by atoms with E-state index in [4.69, 9.17) is 21.1 Å². The third-order valence-corrected chi connectivity index (χ3v) is 5.87. The molecule has 1 aromatic rings. The molecule has 0 N–H and O–H groups in total. The zero-order chi connectivity index (χ0) is 18.0. The highest BCUT2D eigenvalue weighted by Crippen LogP contribution is 2.38. The molecule has 2 heterocycles. The maximum absolute atomic E-state index is 12.6. The minimum absolute atomic E-state index is 0.0527. The number of fused-ring (bicyclic) bond motifs is 1. The average molecular weight is 389 g/mol. The van der Waals surface area contributed by atoms with E-state index in [-0.39, 0.29) is 12.3 Å². The van der Waals surface area contributed by atoms with E-state index < -0.39 is 10.0 Å². The van der Waals surface area contributed by atoms with E-state index in [0.717, 1.165) is 5.56 Å². The van der Waals surface area contributed by atoms with Crippen LogP contribution in [-0.4, -0.2) is 69.2 Å². The molecule has 1 aromatic carbocycles. The molecule has 1 amide bonds. The molecule has 0 saturated carbocycles. The minimum atomic E-state index is -3.23. The van der Waals surface area contributed by atoms with E-state index in [1.165, 1.54) is 10.6 Å². The van der Waals surface area contributed by atoms with Crippen molar-refractivity contribution in [2.45, 2.75) is 12.8 Å². The van der Waals surface area contributed by atoms with Crippen molar-refractivity contribution < 1.29 is 22.7 Å². The molecule has 2 aliphatic heterocycles. The summed E-state index contributed by atoms with van der Waals surface area (Å²) in [5.41, 5.74) is 0.753. The molecule has 25 heavy (non-hydrogen) atoms. The van der Waals surface area contributed by atoms with Gasteiger partial charge >= 0.3 is 0 Å². The van der Waals surface area contributed by atoms with Gasteiger partial charge in [0.2, 0.25) is 15.9 Å². The molecule has 0 unspecified atom stereocenters. The summed E-state index contributed by atoms with van der Waals surface area (Å²) in [5.74, 6) is 1.02. The first kappa shape index (κ1) is 18.3. The molecule has 1 fully saturated rings. The van der Waals surface area contributed by atoms with Crippen LogP contribution in [0, 0.1) is 0 Å². The maximum Gasteiger partial charge on any atom is 0.227 e. The predicted molar refractivity (Wildman–Crippen MR) is 93.8 cm³/mol. The second kappa shape index (κ2) is 7.39. The van der Waals surface area contributed by atoms with E-state index >= 15 is 0 Å². The topological polar surface area (TPSA) is 76.2 Å². The van der Waals surface area contributed by atoms with E-state index in [2.05, 4.69) is 0 Å². The van der Waals surface area contributed by atoms with Gasteiger partial charge in [0.1, 0.15) is 13.2 Å². The summed E-state index contributed by atoms with van der Waals surface area (Å²) in [6, 6.07) is 3.49. The van der Waals surface area contributed by atoms with Gasteiger partial charge in [0.15, 0.2) is 11.5 Å². The SMILES string of the molecule is CS(=O)(=O)N1CCCN(C(=O)Cc2cc(Cl)c3c(c2)OCCO3)CC1. The lowest BCUT2D eigenvalue weighted by Crippen LogP contribution is -2.37. The summed E-state index contributed by atoms with van der Waals surface area (Å²) >= 11 is 6.21. The molecule has 1 saturated heterocycles. The quantitative estimate of drug-likeness (QED) is 0.776. The van der Waals surface area contributed by atoms with Gasteiger partial charge in [-0.15, -0.1) is 0 Å². The first-order valence-electron chi connectivity index (χ1n) is 8.15. The van der Waals surface area contributed by atoms with Crippen molar-refractivity contribution in [3.63, 3.8) is 0 Å². The van der Waals surface area contributed by atoms with E-state index in [1.54, 1.807) is 17.0 Å². The molecule has 9 heteroatoms. The van der Waals surface area contributed by atoms with Gasteiger partial charge in [-0.05, 0) is 24.1 Å². The predicted octanol–water partition coefficient (Wildman–Crippen LogP) is 1.15. The third-order valence-electron chi connectivity index (χ3n) is 4.29. The van der Waals surface area contributed by atoms with Gasteiger partial charge in [0, 0.05) is 26.2 Å². The van der Waals surface area contributed by atoms with E-state index in [1.807, 2.05) is 0 Å². The minimum Gasteiger partial charge on any atom is -0.486 e. The molecule has 0 radical (unpaired) electrons. The summed E-state index contributed by atoms with van der Waals surface area (Å²) in [6.07, 6.45) is 2.01. The molecule has 0 atom stereocenters. The van der Waals surface area contributed by atoms with E-state index in [0.29, 0.717) is 62.3 Å². The highest BCUT2D eigenvalue weighted by atomic mass is 35.5. The Kier molecular flexibility index (Phi) is 5.41. The first-order valence-corrected chi connectivity index (χ1v) is 10.4. The normalized spacial score (nSPS) is 18.7. The molecule has 3 rings (SSSR count). The fourth-order valence-corrected chi connectivity index (χ4v) is 4.19. The number of hydrogen-bond donors (Lipinski definition) is 0. The number of amides is 1. The molecule has 0 bridgehead atoms. The van der Waals surface area contributed by atoms with Crippen LogP contribution >= 0.6 is 11.6 Å². The Bertz CT molecular complexity index is 768. The number of sulfonamides is 1. The Morgan fingerprint density at radius 3 is 2.68 bits per heavy atom. The van der Waals surface area contributed by atoms with Crippen molar-refractivity contribution in [3.05, 3.63) is 22.7 Å². The lowest BCUT2D eigenvalue weighted by molar-refractivity contribution is -0.130. The van der Waals surface area contributed by atoms with Gasteiger partial charge in [-0.2, -0.15) is 0 Å². The van der Waals surface area contributed by atoms with Gasteiger partial charge in [-0.1, -0.05) is 11.6 Å². The Morgan fingerprint density at radius 2 is 1.92 bits per heavy atom. The Labute approximate surface area is 152 Å². The molecule has 0 aliphatic carbocycles. The number of halogens is 1. The van der Waals surface area contributed by atoms with Crippen LogP contribution in [0.15, 0.2) is 12.1 Å². The molecule has 0 aromatic heterocycles. The fraction of sp³-hybridized carbons (Fsp3) is 0.562. The Hall–Kier alpha value is -1.51. The van der Waals surface area contributed by atoms with Gasteiger partial charge in [-0.3, -0.25) is 4.79 Å². The van der Waals surface area contributed by atoms with Crippen LogP contribution in [0.3, 0.4) is 0 Å². The number of benzene rings is 1. The van der Waals surface area contributed by atoms with Gasteiger partial charge in [0.05, 0.1) is 17.7 Å². The monoisotopic (exact) mass is 388 g/mol. The summed E-state index contributed by atoms with van der Waals surface area (Å²) in [5, 5.41) is 0.430. The molecular weight excluding hydrogens is 368 g/mol. The van der Waals surface area contributed by atoms with Crippen LogP contribution in [-0.2, 0) is 21.2 Å². The molecule has 138 valence electrons. The number of rotatable bonds is 3. The van der Waals surface area contributed by atoms with Gasteiger partial charge < -0.3 is 14.4 Å². The number of hydrogen-bond acceptors (Lipinski definition) is 5. The van der Waals surface area contributed by atoms with Crippen LogP contribution in [0.4, 0.5) is 0 Å². The van der Waals surface area contributed by atoms with Crippen LogP contribution in [0.1, 0.15) is 12.0 Å². The van der Waals surface area contributed by atoms with Crippen molar-refractivity contribution in [1.29, 1.82) is 0 Å². The summed E-state index contributed by atoms with van der Waals surface area (Å²) in [6.45, 7) is 2.61. The lowest BCUT2D eigenvalue weighted by Gasteiger charge is -2.22. The second-order valence-corrected chi connectivity index (χ2v) is 8.56. The maximum atomic E-state index is 12.6. The fourth-order valence-electron chi connectivity index (χ4n) is 3.03. The van der Waals surface area contributed by atoms with Crippen molar-refractivity contribution >= 4 is 27.5 Å². The lowest BCUT2D eigenvalue weighted by atomic mass is 10.1. The highest BCUT2D eigenvalue weighted by Gasteiger charge is 2.24. The van der Waals surface area contributed by atoms with Crippen LogP contribution < -0.4 is 9.47 Å². The van der Waals surface area contributed by atoms with Crippen molar-refractivity contribution in [3.8, 4) is 11.5 Å². The molecule has 0 spiro atoms. The van der Waals surface area contributed by atoms with Gasteiger partial charge in [0.25, 0.3) is 0 Å². The van der Waals surface area contributed by atoms with Crippen LogP contribution in [0.25, 0.3) is 0 Å². The third kappa shape index (κ3) is 4.37. The summed E-state index contributed by atoms with van der Waals surface area (Å²) in [7, 11) is -3.23.